The lowest BCUT2D eigenvalue weighted by Crippen LogP contribution is -2.32. The van der Waals surface area contributed by atoms with Crippen LogP contribution < -0.4 is 5.43 Å². The number of carbonyl (C=O) groups is 1. The fourth-order valence-electron chi connectivity index (χ4n) is 2.00. The van der Waals surface area contributed by atoms with Crippen molar-refractivity contribution in [1.29, 1.82) is 0 Å². The van der Waals surface area contributed by atoms with Gasteiger partial charge in [-0.15, -0.1) is 0 Å². The van der Waals surface area contributed by atoms with Crippen LogP contribution in [0.3, 0.4) is 0 Å². The number of fused-ring (bicyclic) bond motifs is 1. The Morgan fingerprint density at radius 2 is 2.05 bits per heavy atom. The number of benzene rings is 1. The average Bonchev–Trinajstić information content (AvgIpc) is 2.41. The number of nitrogens with zero attached hydrogens (tertiary/aromatic N) is 2. The molecule has 1 aromatic heterocycles. The highest BCUT2D eigenvalue weighted by molar-refractivity contribution is 5.79. The zero-order chi connectivity index (χ0) is 14.0. The Morgan fingerprint density at radius 3 is 2.74 bits per heavy atom. The molecule has 0 fully saturated rings. The van der Waals surface area contributed by atoms with E-state index in [4.69, 9.17) is 4.74 Å². The summed E-state index contributed by atoms with van der Waals surface area (Å²) >= 11 is 0. The summed E-state index contributed by atoms with van der Waals surface area (Å²) in [5, 5.41) is 4.70. The first-order chi connectivity index (χ1) is 8.95. The predicted molar refractivity (Wildman–Crippen MR) is 71.8 cm³/mol. The number of para-hydroxylation sites is 1. The van der Waals surface area contributed by atoms with Crippen LogP contribution in [0.2, 0.25) is 0 Å². The summed E-state index contributed by atoms with van der Waals surface area (Å²) in [6.07, 6.45) is 1.27. The van der Waals surface area contributed by atoms with Crippen LogP contribution in [-0.4, -0.2) is 22.9 Å². The molecule has 5 nitrogen and oxygen atoms in total. The van der Waals surface area contributed by atoms with E-state index < -0.39 is 5.41 Å². The summed E-state index contributed by atoms with van der Waals surface area (Å²) in [4.78, 5) is 23.4. The lowest BCUT2D eigenvalue weighted by Gasteiger charge is -2.22. The largest absolute Gasteiger partial charge is 0.469 e. The minimum absolute atomic E-state index is 0.122. The normalized spacial score (nSPS) is 11.5. The molecule has 100 valence electrons. The van der Waals surface area contributed by atoms with Crippen molar-refractivity contribution >= 4 is 16.9 Å². The molecular formula is C14H16N2O3. The molecule has 0 bridgehead atoms. The molecule has 0 amide bonds. The molecule has 0 aliphatic carbocycles. The number of rotatable bonds is 3. The van der Waals surface area contributed by atoms with E-state index in [2.05, 4.69) is 5.10 Å². The standard InChI is InChI=1S/C14H16N2O3/c1-14(2,13(18)19-3)9-16-11-7-5-4-6-10(11)12(17)8-15-16/h4-8H,9H2,1-3H3. The molecule has 2 rings (SSSR count). The van der Waals surface area contributed by atoms with Crippen molar-refractivity contribution in [2.45, 2.75) is 20.4 Å². The van der Waals surface area contributed by atoms with Crippen LogP contribution in [0, 0.1) is 5.41 Å². The highest BCUT2D eigenvalue weighted by atomic mass is 16.5. The lowest BCUT2D eigenvalue weighted by molar-refractivity contribution is -0.151. The number of esters is 1. The van der Waals surface area contributed by atoms with Gasteiger partial charge in [0.15, 0.2) is 0 Å². The number of aromatic nitrogens is 2. The highest BCUT2D eigenvalue weighted by Crippen LogP contribution is 2.21. The summed E-state index contributed by atoms with van der Waals surface area (Å²) in [6.45, 7) is 3.92. The smallest absolute Gasteiger partial charge is 0.313 e. The molecule has 2 aromatic rings. The van der Waals surface area contributed by atoms with Gasteiger partial charge in [-0.3, -0.25) is 14.3 Å². The number of hydrogen-bond donors (Lipinski definition) is 0. The second-order valence-electron chi connectivity index (χ2n) is 5.06. The van der Waals surface area contributed by atoms with Gasteiger partial charge in [-0.1, -0.05) is 12.1 Å². The van der Waals surface area contributed by atoms with E-state index in [0.717, 1.165) is 0 Å². The van der Waals surface area contributed by atoms with E-state index in [1.165, 1.54) is 13.3 Å². The van der Waals surface area contributed by atoms with Crippen LogP contribution in [0.25, 0.3) is 10.9 Å². The average molecular weight is 260 g/mol. The maximum absolute atomic E-state index is 11.7. The Balaban J connectivity index is 2.50. The van der Waals surface area contributed by atoms with Gasteiger partial charge in [0, 0.05) is 5.39 Å². The van der Waals surface area contributed by atoms with E-state index in [1.54, 1.807) is 30.7 Å². The van der Waals surface area contributed by atoms with Crippen molar-refractivity contribution in [2.75, 3.05) is 7.11 Å². The van der Waals surface area contributed by atoms with E-state index >= 15 is 0 Å². The first-order valence-electron chi connectivity index (χ1n) is 5.99. The molecule has 0 aliphatic rings. The molecule has 1 heterocycles. The third kappa shape index (κ3) is 2.50. The second kappa shape index (κ2) is 4.84. The first-order valence-corrected chi connectivity index (χ1v) is 5.99. The Morgan fingerprint density at radius 1 is 1.37 bits per heavy atom. The van der Waals surface area contributed by atoms with Crippen LogP contribution in [0.4, 0.5) is 0 Å². The number of ether oxygens (including phenoxy) is 1. The maximum atomic E-state index is 11.7. The maximum Gasteiger partial charge on any atom is 0.313 e. The van der Waals surface area contributed by atoms with Crippen molar-refractivity contribution in [3.63, 3.8) is 0 Å². The summed E-state index contributed by atoms with van der Waals surface area (Å²) < 4.78 is 6.44. The van der Waals surface area contributed by atoms with Crippen LogP contribution >= 0.6 is 0 Å². The molecular weight excluding hydrogens is 244 g/mol. The molecule has 0 atom stereocenters. The van der Waals surface area contributed by atoms with Crippen LogP contribution in [0.15, 0.2) is 35.3 Å². The minimum Gasteiger partial charge on any atom is -0.469 e. The van der Waals surface area contributed by atoms with Crippen LogP contribution in [-0.2, 0) is 16.1 Å². The summed E-state index contributed by atoms with van der Waals surface area (Å²) in [7, 11) is 1.36. The molecule has 5 heteroatoms. The van der Waals surface area contributed by atoms with Gasteiger partial charge in [0.05, 0.1) is 30.8 Å². The Labute approximate surface area is 110 Å². The molecule has 0 saturated carbocycles. The van der Waals surface area contributed by atoms with E-state index in [-0.39, 0.29) is 11.4 Å². The lowest BCUT2D eigenvalue weighted by atomic mass is 9.93. The van der Waals surface area contributed by atoms with Gasteiger partial charge < -0.3 is 4.74 Å². The van der Waals surface area contributed by atoms with Crippen molar-refractivity contribution in [3.8, 4) is 0 Å². The molecule has 0 saturated heterocycles. The number of hydrogen-bond acceptors (Lipinski definition) is 4. The molecule has 0 spiro atoms. The molecule has 0 aliphatic heterocycles. The summed E-state index contributed by atoms with van der Waals surface area (Å²) in [5.41, 5.74) is -0.116. The first kappa shape index (κ1) is 13.3. The minimum atomic E-state index is -0.709. The molecule has 0 N–H and O–H groups in total. The SMILES string of the molecule is COC(=O)C(C)(C)Cn1ncc(=O)c2ccccc21. The number of methoxy groups -OCH3 is 1. The Kier molecular flexibility index (Phi) is 3.38. The zero-order valence-corrected chi connectivity index (χ0v) is 11.2. The number of carbonyl (C=O) groups excluding carboxylic acids is 1. The summed E-state index contributed by atoms with van der Waals surface area (Å²) in [5.74, 6) is -0.308. The Hall–Kier alpha value is -2.17. The quantitative estimate of drug-likeness (QED) is 0.786. The van der Waals surface area contributed by atoms with E-state index in [9.17, 15) is 9.59 Å². The second-order valence-corrected chi connectivity index (χ2v) is 5.06. The van der Waals surface area contributed by atoms with Gasteiger partial charge in [-0.25, -0.2) is 0 Å². The van der Waals surface area contributed by atoms with Crippen molar-refractivity contribution in [1.82, 2.24) is 9.78 Å². The molecule has 0 radical (unpaired) electrons. The molecule has 0 unspecified atom stereocenters. The third-order valence-corrected chi connectivity index (χ3v) is 3.04. The predicted octanol–water partition coefficient (Wildman–Crippen LogP) is 1.60. The highest BCUT2D eigenvalue weighted by Gasteiger charge is 2.30. The van der Waals surface area contributed by atoms with Gasteiger partial charge >= 0.3 is 5.97 Å². The fourth-order valence-corrected chi connectivity index (χ4v) is 2.00. The van der Waals surface area contributed by atoms with Gasteiger partial charge in [-0.05, 0) is 26.0 Å². The van der Waals surface area contributed by atoms with E-state index in [0.29, 0.717) is 17.4 Å². The zero-order valence-electron chi connectivity index (χ0n) is 11.2. The van der Waals surface area contributed by atoms with Gasteiger partial charge in [0.1, 0.15) is 0 Å². The van der Waals surface area contributed by atoms with Crippen molar-refractivity contribution < 1.29 is 9.53 Å². The van der Waals surface area contributed by atoms with Crippen LogP contribution in [0.1, 0.15) is 13.8 Å². The molecule has 19 heavy (non-hydrogen) atoms. The van der Waals surface area contributed by atoms with Crippen LogP contribution in [0.5, 0.6) is 0 Å². The van der Waals surface area contributed by atoms with Gasteiger partial charge in [0.25, 0.3) is 0 Å². The van der Waals surface area contributed by atoms with Gasteiger partial charge in [-0.2, -0.15) is 5.10 Å². The third-order valence-electron chi connectivity index (χ3n) is 3.04. The molecule has 1 aromatic carbocycles. The summed E-state index contributed by atoms with van der Waals surface area (Å²) in [6, 6.07) is 7.21. The Bertz CT molecular complexity index is 674. The van der Waals surface area contributed by atoms with Crippen molar-refractivity contribution in [2.24, 2.45) is 5.41 Å². The monoisotopic (exact) mass is 260 g/mol. The van der Waals surface area contributed by atoms with Crippen molar-refractivity contribution in [3.05, 3.63) is 40.7 Å². The topological polar surface area (TPSA) is 61.2 Å². The van der Waals surface area contributed by atoms with Gasteiger partial charge in [0.2, 0.25) is 5.43 Å². The fraction of sp³-hybridized carbons (Fsp3) is 0.357. The van der Waals surface area contributed by atoms with E-state index in [1.807, 2.05) is 12.1 Å².